The molecule has 1 N–H and O–H groups in total. The Morgan fingerprint density at radius 2 is 2.00 bits per heavy atom. The topological polar surface area (TPSA) is 148 Å². The summed E-state index contributed by atoms with van der Waals surface area (Å²) < 4.78 is 31.2. The molecule has 5 rings (SSSR count). The summed E-state index contributed by atoms with van der Waals surface area (Å²) in [5.74, 6) is 0.420. The van der Waals surface area contributed by atoms with Gasteiger partial charge in [-0.05, 0) is 31.5 Å². The molecule has 12 nitrogen and oxygen atoms in total. The maximum Gasteiger partial charge on any atom is 0.227 e. The molecule has 1 aliphatic heterocycles. The van der Waals surface area contributed by atoms with Gasteiger partial charge in [-0.1, -0.05) is 6.07 Å². The van der Waals surface area contributed by atoms with Crippen molar-refractivity contribution in [2.75, 3.05) is 11.9 Å². The smallest absolute Gasteiger partial charge is 0.227 e. The van der Waals surface area contributed by atoms with E-state index in [9.17, 15) is 13.7 Å². The van der Waals surface area contributed by atoms with Crippen LogP contribution in [0.25, 0.3) is 11.3 Å². The van der Waals surface area contributed by atoms with Gasteiger partial charge in [0.1, 0.15) is 0 Å². The number of sulfonamides is 1. The lowest BCUT2D eigenvalue weighted by atomic mass is 9.92. The number of nitrogens with one attached hydrogen (secondary N) is 1. The Balaban J connectivity index is 1.46. The third-order valence-corrected chi connectivity index (χ3v) is 8.52. The fourth-order valence-corrected chi connectivity index (χ4v) is 5.79. The normalized spacial score (nSPS) is 17.9. The van der Waals surface area contributed by atoms with Gasteiger partial charge in [0.05, 0.1) is 59.3 Å². The molecule has 0 saturated carbocycles. The predicted octanol–water partition coefficient (Wildman–Crippen LogP) is 2.61. The van der Waals surface area contributed by atoms with Crippen LogP contribution in [0.2, 0.25) is 0 Å². The number of pyridine rings is 1. The minimum Gasteiger partial charge on any atom is -0.321 e. The molecule has 2 atom stereocenters. The molecule has 4 aromatic rings. The number of aryl methyl sites for hydroxylation is 1. The van der Waals surface area contributed by atoms with Crippen molar-refractivity contribution in [1.29, 1.82) is 5.26 Å². The fraction of sp³-hybridized carbons (Fsp3) is 0.333. The van der Waals surface area contributed by atoms with Crippen molar-refractivity contribution in [3.05, 3.63) is 66.6 Å². The first kappa shape index (κ1) is 24.5. The maximum absolute atomic E-state index is 13.1. The van der Waals surface area contributed by atoms with Crippen LogP contribution in [-0.2, 0) is 23.5 Å². The van der Waals surface area contributed by atoms with E-state index in [2.05, 4.69) is 36.5 Å². The lowest BCUT2D eigenvalue weighted by Crippen LogP contribution is -2.55. The summed E-state index contributed by atoms with van der Waals surface area (Å²) in [5, 5.41) is 20.5. The summed E-state index contributed by atoms with van der Waals surface area (Å²) in [6, 6.07) is 6.64. The van der Waals surface area contributed by atoms with Gasteiger partial charge in [0.2, 0.25) is 16.0 Å². The number of nitriles is 1. The lowest BCUT2D eigenvalue weighted by molar-refractivity contribution is 0.0936. The molecule has 0 bridgehead atoms. The zero-order valence-corrected chi connectivity index (χ0v) is 21.4. The minimum absolute atomic E-state index is 0.139. The van der Waals surface area contributed by atoms with Crippen molar-refractivity contribution in [1.82, 2.24) is 38.8 Å². The number of anilines is 2. The van der Waals surface area contributed by atoms with E-state index in [4.69, 9.17) is 0 Å². The zero-order valence-electron chi connectivity index (χ0n) is 20.6. The molecule has 0 spiro atoms. The quantitative estimate of drug-likeness (QED) is 0.371. The minimum atomic E-state index is -3.56. The summed E-state index contributed by atoms with van der Waals surface area (Å²) >= 11 is 0. The van der Waals surface area contributed by atoms with Crippen LogP contribution in [0.5, 0.6) is 0 Å². The van der Waals surface area contributed by atoms with E-state index in [-0.39, 0.29) is 19.0 Å². The van der Waals surface area contributed by atoms with Crippen LogP contribution in [0, 0.1) is 11.3 Å². The third-order valence-electron chi connectivity index (χ3n) is 6.29. The molecule has 37 heavy (non-hydrogen) atoms. The van der Waals surface area contributed by atoms with Crippen LogP contribution in [0.3, 0.4) is 0 Å². The SMILES string of the molecule is CC(C)S(=O)(=O)N1CC(n2cc(-c3ccnc(Nc4cnn(C)c4)n3)cn2)C1c1ncccc1CC#N. The molecular weight excluding hydrogens is 492 g/mol. The van der Waals surface area contributed by atoms with E-state index >= 15 is 0 Å². The van der Waals surface area contributed by atoms with Gasteiger partial charge in [0, 0.05) is 43.9 Å². The van der Waals surface area contributed by atoms with E-state index in [1.54, 1.807) is 60.1 Å². The van der Waals surface area contributed by atoms with Crippen LogP contribution in [0.4, 0.5) is 11.6 Å². The van der Waals surface area contributed by atoms with Crippen molar-refractivity contribution in [2.45, 2.75) is 37.6 Å². The van der Waals surface area contributed by atoms with E-state index in [0.29, 0.717) is 22.9 Å². The van der Waals surface area contributed by atoms with Gasteiger partial charge < -0.3 is 5.32 Å². The standard InChI is InChI=1S/C24H26N10O2S/c1-16(2)37(35,36)34-15-21(23(34)22-17(6-8-25)5-4-9-26-22)33-13-18(11-29-33)20-7-10-27-24(31-20)30-19-12-28-32(3)14-19/h4-5,7,9-14,16,21,23H,6,15H2,1-3H3,(H,27,30,31). The Bertz CT molecular complexity index is 1570. The van der Waals surface area contributed by atoms with Gasteiger partial charge in [0.15, 0.2) is 0 Å². The molecule has 13 heteroatoms. The summed E-state index contributed by atoms with van der Waals surface area (Å²) in [7, 11) is -1.73. The van der Waals surface area contributed by atoms with Crippen LogP contribution in [0.15, 0.2) is 55.4 Å². The molecule has 0 aromatic carbocycles. The average molecular weight is 519 g/mol. The molecule has 1 saturated heterocycles. The highest BCUT2D eigenvalue weighted by Crippen LogP contribution is 2.45. The Hall–Kier alpha value is -4.15. The fourth-order valence-electron chi connectivity index (χ4n) is 4.33. The number of nitrogens with zero attached hydrogens (tertiary/aromatic N) is 9. The Morgan fingerprint density at radius 1 is 1.16 bits per heavy atom. The molecule has 1 aliphatic rings. The molecule has 1 fully saturated rings. The Morgan fingerprint density at radius 3 is 2.73 bits per heavy atom. The largest absolute Gasteiger partial charge is 0.321 e. The second-order valence-corrected chi connectivity index (χ2v) is 11.5. The third kappa shape index (κ3) is 4.68. The van der Waals surface area contributed by atoms with Gasteiger partial charge in [-0.3, -0.25) is 14.3 Å². The summed E-state index contributed by atoms with van der Waals surface area (Å²) in [6.45, 7) is 3.58. The summed E-state index contributed by atoms with van der Waals surface area (Å²) in [6.07, 6.45) is 10.5. The van der Waals surface area contributed by atoms with Crippen molar-refractivity contribution in [3.63, 3.8) is 0 Å². The molecule has 2 unspecified atom stereocenters. The highest BCUT2D eigenvalue weighted by molar-refractivity contribution is 7.89. The van der Waals surface area contributed by atoms with E-state index in [0.717, 1.165) is 11.3 Å². The van der Waals surface area contributed by atoms with Crippen LogP contribution in [-0.4, -0.2) is 59.0 Å². The molecule has 0 amide bonds. The van der Waals surface area contributed by atoms with Crippen molar-refractivity contribution >= 4 is 21.7 Å². The van der Waals surface area contributed by atoms with Crippen LogP contribution >= 0.6 is 0 Å². The van der Waals surface area contributed by atoms with Crippen molar-refractivity contribution in [2.24, 2.45) is 7.05 Å². The first-order valence-electron chi connectivity index (χ1n) is 11.7. The summed E-state index contributed by atoms with van der Waals surface area (Å²) in [4.78, 5) is 13.4. The van der Waals surface area contributed by atoms with Gasteiger partial charge in [-0.25, -0.2) is 18.4 Å². The molecule has 190 valence electrons. The summed E-state index contributed by atoms with van der Waals surface area (Å²) in [5.41, 5.74) is 3.48. The van der Waals surface area contributed by atoms with Gasteiger partial charge >= 0.3 is 0 Å². The Kier molecular flexibility index (Phi) is 6.45. The van der Waals surface area contributed by atoms with Gasteiger partial charge in [-0.2, -0.15) is 19.8 Å². The molecular formula is C24H26N10O2S. The van der Waals surface area contributed by atoms with Crippen LogP contribution < -0.4 is 5.32 Å². The highest BCUT2D eigenvalue weighted by Gasteiger charge is 2.50. The highest BCUT2D eigenvalue weighted by atomic mass is 32.2. The maximum atomic E-state index is 13.1. The second kappa shape index (κ2) is 9.72. The second-order valence-electron chi connectivity index (χ2n) is 9.06. The molecule has 4 aromatic heterocycles. The van der Waals surface area contributed by atoms with Crippen LogP contribution in [0.1, 0.15) is 37.2 Å². The number of aromatic nitrogens is 7. The molecule has 5 heterocycles. The first-order chi connectivity index (χ1) is 17.8. The van der Waals surface area contributed by atoms with E-state index < -0.39 is 21.3 Å². The number of rotatable bonds is 8. The van der Waals surface area contributed by atoms with E-state index in [1.807, 2.05) is 25.5 Å². The molecule has 0 aliphatic carbocycles. The van der Waals surface area contributed by atoms with Gasteiger partial charge in [0.25, 0.3) is 0 Å². The zero-order chi connectivity index (χ0) is 26.2. The lowest BCUT2D eigenvalue weighted by Gasteiger charge is -2.47. The van der Waals surface area contributed by atoms with E-state index in [1.165, 1.54) is 4.31 Å². The first-order valence-corrected chi connectivity index (χ1v) is 13.2. The monoisotopic (exact) mass is 518 g/mol. The van der Waals surface area contributed by atoms with Crippen molar-refractivity contribution in [3.8, 4) is 17.3 Å². The average Bonchev–Trinajstić information content (AvgIpc) is 3.49. The Labute approximate surface area is 214 Å². The number of hydrogen-bond acceptors (Lipinski definition) is 9. The van der Waals surface area contributed by atoms with Gasteiger partial charge in [-0.15, -0.1) is 0 Å². The predicted molar refractivity (Wildman–Crippen MR) is 136 cm³/mol. The number of hydrogen-bond donors (Lipinski definition) is 1. The molecule has 0 radical (unpaired) electrons. The van der Waals surface area contributed by atoms with Crippen molar-refractivity contribution < 1.29 is 8.42 Å².